The highest BCUT2D eigenvalue weighted by atomic mass is 35.5. The highest BCUT2D eigenvalue weighted by Gasteiger charge is 2.67. The summed E-state index contributed by atoms with van der Waals surface area (Å²) in [6.45, 7) is 0. The van der Waals surface area contributed by atoms with E-state index in [1.165, 1.54) is 36.4 Å². The number of alkyl halides is 2. The van der Waals surface area contributed by atoms with Gasteiger partial charge in [-0.3, -0.25) is 9.59 Å². The molecule has 2 atom stereocenters. The molecular weight excluding hydrogens is 568 g/mol. The van der Waals surface area contributed by atoms with E-state index in [9.17, 15) is 14.0 Å². The van der Waals surface area contributed by atoms with E-state index in [2.05, 4.69) is 10.6 Å². The average Bonchev–Trinajstić information content (AvgIpc) is 3.33. The van der Waals surface area contributed by atoms with Gasteiger partial charge in [0.25, 0.3) is 5.91 Å². The van der Waals surface area contributed by atoms with E-state index < -0.39 is 33.8 Å². The fourth-order valence-electron chi connectivity index (χ4n) is 3.58. The Morgan fingerprint density at radius 2 is 1.44 bits per heavy atom. The molecule has 0 heterocycles. The van der Waals surface area contributed by atoms with E-state index in [0.29, 0.717) is 21.3 Å². The molecule has 0 saturated heterocycles. The summed E-state index contributed by atoms with van der Waals surface area (Å²) in [6, 6.07) is 12.7. The minimum Gasteiger partial charge on any atom is -0.324 e. The molecule has 11 heteroatoms. The Labute approximate surface area is 224 Å². The predicted octanol–water partition coefficient (Wildman–Crippen LogP) is 8.22. The fourth-order valence-corrected chi connectivity index (χ4v) is 5.47. The quantitative estimate of drug-likeness (QED) is 0.299. The molecule has 0 aliphatic heterocycles. The van der Waals surface area contributed by atoms with Crippen LogP contribution in [-0.4, -0.2) is 16.1 Å². The van der Waals surface area contributed by atoms with Crippen LogP contribution < -0.4 is 10.6 Å². The number of benzene rings is 3. The molecule has 176 valence electrons. The number of hydrogen-bond donors (Lipinski definition) is 2. The molecule has 0 aromatic heterocycles. The summed E-state index contributed by atoms with van der Waals surface area (Å²) in [7, 11) is 0. The largest absolute Gasteiger partial charge is 0.324 e. The van der Waals surface area contributed by atoms with Crippen molar-refractivity contribution in [1.82, 2.24) is 0 Å². The van der Waals surface area contributed by atoms with Gasteiger partial charge in [-0.1, -0.05) is 46.4 Å². The van der Waals surface area contributed by atoms with Crippen molar-refractivity contribution in [3.63, 3.8) is 0 Å². The smallest absolute Gasteiger partial charge is 0.257 e. The van der Waals surface area contributed by atoms with Gasteiger partial charge in [-0.25, -0.2) is 4.39 Å². The van der Waals surface area contributed by atoms with Crippen LogP contribution in [0.3, 0.4) is 0 Å². The number of halogens is 7. The Hall–Kier alpha value is -1.73. The van der Waals surface area contributed by atoms with Crippen molar-refractivity contribution >= 4 is 92.8 Å². The molecule has 1 fully saturated rings. The van der Waals surface area contributed by atoms with Crippen molar-refractivity contribution in [2.75, 3.05) is 10.6 Å². The molecule has 2 N–H and O–H groups in total. The van der Waals surface area contributed by atoms with Crippen LogP contribution in [0.4, 0.5) is 15.8 Å². The number of carbonyl (C=O) groups is 2. The number of nitrogens with one attached hydrogen (secondary N) is 2. The lowest BCUT2D eigenvalue weighted by molar-refractivity contribution is -0.117. The molecular formula is C23H13Cl6FN2O2. The zero-order valence-electron chi connectivity index (χ0n) is 16.8. The van der Waals surface area contributed by atoms with Crippen molar-refractivity contribution < 1.29 is 14.0 Å². The monoisotopic (exact) mass is 578 g/mol. The lowest BCUT2D eigenvalue weighted by atomic mass is 10.1. The van der Waals surface area contributed by atoms with Crippen molar-refractivity contribution in [2.24, 2.45) is 5.92 Å². The molecule has 0 unspecified atom stereocenters. The van der Waals surface area contributed by atoms with Gasteiger partial charge < -0.3 is 10.6 Å². The maximum Gasteiger partial charge on any atom is 0.257 e. The van der Waals surface area contributed by atoms with Gasteiger partial charge in [0.2, 0.25) is 5.91 Å². The summed E-state index contributed by atoms with van der Waals surface area (Å²) >= 11 is 37.4. The predicted molar refractivity (Wildman–Crippen MR) is 137 cm³/mol. The SMILES string of the molecule is O=C(Nc1ccc(F)cc1)c1cc(NC(=O)[C@H]2[C@H](c3cc(Cl)cc(Cl)c3)C2(Cl)Cl)c(Cl)cc1Cl. The van der Waals surface area contributed by atoms with Crippen LogP contribution in [-0.2, 0) is 4.79 Å². The average molecular weight is 581 g/mol. The third-order valence-electron chi connectivity index (χ3n) is 5.24. The molecule has 1 saturated carbocycles. The zero-order chi connectivity index (χ0) is 24.8. The zero-order valence-corrected chi connectivity index (χ0v) is 21.3. The number of carbonyl (C=O) groups excluding carboxylic acids is 2. The van der Waals surface area contributed by atoms with Crippen molar-refractivity contribution in [3.05, 3.63) is 91.6 Å². The van der Waals surface area contributed by atoms with Crippen molar-refractivity contribution in [3.8, 4) is 0 Å². The third kappa shape index (κ3) is 5.25. The first-order valence-electron chi connectivity index (χ1n) is 9.68. The fraction of sp³-hybridized carbons (Fsp3) is 0.130. The second-order valence-electron chi connectivity index (χ2n) is 7.59. The molecule has 3 aromatic rings. The first kappa shape index (κ1) is 25.4. The van der Waals surface area contributed by atoms with Gasteiger partial charge in [0.1, 0.15) is 10.2 Å². The molecule has 34 heavy (non-hydrogen) atoms. The maximum absolute atomic E-state index is 13.1. The lowest BCUT2D eigenvalue weighted by Crippen LogP contribution is -2.18. The molecule has 0 radical (unpaired) electrons. The summed E-state index contributed by atoms with van der Waals surface area (Å²) in [5.74, 6) is -2.92. The Morgan fingerprint density at radius 1 is 0.824 bits per heavy atom. The number of hydrogen-bond acceptors (Lipinski definition) is 2. The molecule has 2 amide bonds. The molecule has 0 spiro atoms. The molecule has 1 aliphatic rings. The van der Waals surface area contributed by atoms with Crippen LogP contribution >= 0.6 is 69.6 Å². The van der Waals surface area contributed by atoms with Crippen LogP contribution in [0.25, 0.3) is 0 Å². The number of rotatable bonds is 5. The summed E-state index contributed by atoms with van der Waals surface area (Å²) < 4.78 is 11.7. The molecule has 4 rings (SSSR count). The molecule has 4 nitrogen and oxygen atoms in total. The van der Waals surface area contributed by atoms with E-state index >= 15 is 0 Å². The van der Waals surface area contributed by atoms with Crippen molar-refractivity contribution in [2.45, 2.75) is 10.3 Å². The highest BCUT2D eigenvalue weighted by Crippen LogP contribution is 2.65. The van der Waals surface area contributed by atoms with E-state index in [4.69, 9.17) is 69.6 Å². The van der Waals surface area contributed by atoms with Crippen LogP contribution in [0.2, 0.25) is 20.1 Å². The minimum atomic E-state index is -1.39. The lowest BCUT2D eigenvalue weighted by Gasteiger charge is -2.12. The van der Waals surface area contributed by atoms with Gasteiger partial charge in [-0.15, -0.1) is 23.2 Å². The van der Waals surface area contributed by atoms with E-state index in [0.717, 1.165) is 0 Å². The maximum atomic E-state index is 13.1. The van der Waals surface area contributed by atoms with Gasteiger partial charge >= 0.3 is 0 Å². The van der Waals surface area contributed by atoms with Gasteiger partial charge in [-0.05, 0) is 60.2 Å². The third-order valence-corrected chi connectivity index (χ3v) is 7.24. The normalized spacial score (nSPS) is 18.3. The topological polar surface area (TPSA) is 58.2 Å². The summed E-state index contributed by atoms with van der Waals surface area (Å²) in [5, 5.41) is 6.19. The first-order valence-corrected chi connectivity index (χ1v) is 11.9. The molecule has 1 aliphatic carbocycles. The van der Waals surface area contributed by atoms with E-state index in [1.54, 1.807) is 18.2 Å². The number of anilines is 2. The van der Waals surface area contributed by atoms with Crippen LogP contribution in [0, 0.1) is 11.7 Å². The van der Waals surface area contributed by atoms with Gasteiger partial charge in [-0.2, -0.15) is 0 Å². The number of amides is 2. The Bertz CT molecular complexity index is 1280. The van der Waals surface area contributed by atoms with Crippen LogP contribution in [0.5, 0.6) is 0 Å². The van der Waals surface area contributed by atoms with E-state index in [-0.39, 0.29) is 21.3 Å². The van der Waals surface area contributed by atoms with Crippen LogP contribution in [0.15, 0.2) is 54.6 Å². The Kier molecular flexibility index (Phi) is 7.26. The summed E-state index contributed by atoms with van der Waals surface area (Å²) in [5.41, 5.74) is 1.16. The first-order chi connectivity index (χ1) is 16.0. The standard InChI is InChI=1S/C23H13Cl6FN2O2/c24-11-5-10(6-12(25)7-11)19-20(23(19,28)29)22(34)32-18-8-15(16(26)9-17(18)27)21(33)31-14-3-1-13(30)2-4-14/h1-9,19-20H,(H,31,33)(H,32,34)/t19-,20+/m0/s1. The Morgan fingerprint density at radius 3 is 2.06 bits per heavy atom. The second-order valence-corrected chi connectivity index (χ2v) is 10.7. The van der Waals surface area contributed by atoms with Gasteiger partial charge in [0.15, 0.2) is 0 Å². The Balaban J connectivity index is 1.55. The van der Waals surface area contributed by atoms with Gasteiger partial charge in [0, 0.05) is 21.7 Å². The second kappa shape index (κ2) is 9.73. The molecule has 0 bridgehead atoms. The minimum absolute atomic E-state index is 0.0441. The van der Waals surface area contributed by atoms with Gasteiger partial charge in [0.05, 0.1) is 27.2 Å². The molecule has 3 aromatic carbocycles. The van der Waals surface area contributed by atoms with E-state index in [1.807, 2.05) is 0 Å². The summed E-state index contributed by atoms with van der Waals surface area (Å²) in [4.78, 5) is 25.7. The summed E-state index contributed by atoms with van der Waals surface area (Å²) in [6.07, 6.45) is 0. The highest BCUT2D eigenvalue weighted by molar-refractivity contribution is 6.53. The van der Waals surface area contributed by atoms with Crippen LogP contribution in [0.1, 0.15) is 21.8 Å². The van der Waals surface area contributed by atoms with Crippen molar-refractivity contribution in [1.29, 1.82) is 0 Å².